The number of benzene rings is 1. The van der Waals surface area contributed by atoms with Gasteiger partial charge in [-0.15, -0.1) is 0 Å². The highest BCUT2D eigenvalue weighted by molar-refractivity contribution is 5.81. The molecular weight excluding hydrogens is 216 g/mol. The molecule has 2 N–H and O–H groups in total. The van der Waals surface area contributed by atoms with E-state index in [1.807, 2.05) is 29.2 Å². The molecule has 0 saturated carbocycles. The summed E-state index contributed by atoms with van der Waals surface area (Å²) in [7, 11) is 1.63. The Kier molecular flexibility index (Phi) is 5.49. The molecule has 4 heteroatoms. The van der Waals surface area contributed by atoms with Crippen LogP contribution in [0.2, 0.25) is 0 Å². The van der Waals surface area contributed by atoms with E-state index in [1.54, 1.807) is 7.05 Å². The first kappa shape index (κ1) is 13.5. The first-order valence-electron chi connectivity index (χ1n) is 5.87. The Hall–Kier alpha value is -1.55. The Morgan fingerprint density at radius 2 is 2.12 bits per heavy atom. The summed E-state index contributed by atoms with van der Waals surface area (Å²) in [6.45, 7) is 3.17. The number of para-hydroxylation sites is 1. The molecule has 0 spiro atoms. The monoisotopic (exact) mass is 236 g/mol. The number of likely N-dealkylation sites (N-methyl/N-ethyl adjacent to an activating group) is 1. The van der Waals surface area contributed by atoms with Crippen molar-refractivity contribution in [2.24, 2.45) is 0 Å². The van der Waals surface area contributed by atoms with Gasteiger partial charge in [0.25, 0.3) is 0 Å². The van der Waals surface area contributed by atoms with E-state index < -0.39 is 0 Å². The lowest BCUT2D eigenvalue weighted by Gasteiger charge is -2.25. The number of hydrogen-bond acceptors (Lipinski definition) is 3. The van der Waals surface area contributed by atoms with Gasteiger partial charge in [-0.05, 0) is 12.5 Å². The molecule has 0 aliphatic heterocycles. The van der Waals surface area contributed by atoms with Gasteiger partial charge in [0.2, 0.25) is 5.91 Å². The Morgan fingerprint density at radius 3 is 2.71 bits per heavy atom. The normalized spacial score (nSPS) is 10.1. The van der Waals surface area contributed by atoms with Crippen molar-refractivity contribution in [2.75, 3.05) is 25.0 Å². The SMILES string of the molecule is CCCN(CC(=O)NC)c1ccccc1CO. The van der Waals surface area contributed by atoms with E-state index in [9.17, 15) is 9.90 Å². The fourth-order valence-corrected chi connectivity index (χ4v) is 1.76. The molecule has 1 aromatic rings. The van der Waals surface area contributed by atoms with E-state index in [-0.39, 0.29) is 12.5 Å². The molecule has 0 bridgehead atoms. The highest BCUT2D eigenvalue weighted by Gasteiger charge is 2.12. The number of hydrogen-bond donors (Lipinski definition) is 2. The average Bonchev–Trinajstić information content (AvgIpc) is 2.38. The summed E-state index contributed by atoms with van der Waals surface area (Å²) in [5, 5.41) is 11.9. The molecule has 0 saturated heterocycles. The van der Waals surface area contributed by atoms with E-state index in [0.717, 1.165) is 24.2 Å². The smallest absolute Gasteiger partial charge is 0.239 e. The molecule has 4 nitrogen and oxygen atoms in total. The van der Waals surface area contributed by atoms with E-state index in [4.69, 9.17) is 0 Å². The molecule has 0 aromatic heterocycles. The largest absolute Gasteiger partial charge is 0.392 e. The predicted molar refractivity (Wildman–Crippen MR) is 68.9 cm³/mol. The lowest BCUT2D eigenvalue weighted by Crippen LogP contribution is -2.36. The van der Waals surface area contributed by atoms with Crippen LogP contribution in [0, 0.1) is 0 Å². The number of anilines is 1. The van der Waals surface area contributed by atoms with Gasteiger partial charge in [-0.1, -0.05) is 25.1 Å². The van der Waals surface area contributed by atoms with Crippen molar-refractivity contribution in [3.63, 3.8) is 0 Å². The minimum atomic E-state index is -0.0220. The molecule has 0 fully saturated rings. The number of rotatable bonds is 6. The van der Waals surface area contributed by atoms with E-state index >= 15 is 0 Å². The van der Waals surface area contributed by atoms with Crippen LogP contribution >= 0.6 is 0 Å². The Labute approximate surface area is 102 Å². The number of carbonyl (C=O) groups is 1. The Morgan fingerprint density at radius 1 is 1.41 bits per heavy atom. The molecule has 0 unspecified atom stereocenters. The van der Waals surface area contributed by atoms with Crippen LogP contribution in [0.5, 0.6) is 0 Å². The maximum Gasteiger partial charge on any atom is 0.239 e. The van der Waals surface area contributed by atoms with Crippen LogP contribution in [-0.2, 0) is 11.4 Å². The molecule has 94 valence electrons. The molecule has 1 aromatic carbocycles. The molecule has 0 aliphatic rings. The number of amides is 1. The maximum absolute atomic E-state index is 11.5. The first-order chi connectivity index (χ1) is 8.22. The summed E-state index contributed by atoms with van der Waals surface area (Å²) in [6, 6.07) is 7.62. The van der Waals surface area contributed by atoms with Crippen LogP contribution in [0.4, 0.5) is 5.69 Å². The van der Waals surface area contributed by atoms with Gasteiger partial charge in [-0.3, -0.25) is 4.79 Å². The summed E-state index contributed by atoms with van der Waals surface area (Å²) in [5.74, 6) is -0.0220. The van der Waals surface area contributed by atoms with Crippen molar-refractivity contribution >= 4 is 11.6 Å². The van der Waals surface area contributed by atoms with E-state index in [1.165, 1.54) is 0 Å². The van der Waals surface area contributed by atoms with Gasteiger partial charge in [0.05, 0.1) is 13.2 Å². The zero-order chi connectivity index (χ0) is 12.7. The number of nitrogens with zero attached hydrogens (tertiary/aromatic N) is 1. The molecule has 0 radical (unpaired) electrons. The highest BCUT2D eigenvalue weighted by Crippen LogP contribution is 2.20. The van der Waals surface area contributed by atoms with Crippen LogP contribution in [0.15, 0.2) is 24.3 Å². The van der Waals surface area contributed by atoms with Gasteiger partial charge in [-0.2, -0.15) is 0 Å². The van der Waals surface area contributed by atoms with Crippen molar-refractivity contribution < 1.29 is 9.90 Å². The topological polar surface area (TPSA) is 52.6 Å². The Bertz CT molecular complexity index is 366. The second kappa shape index (κ2) is 6.91. The van der Waals surface area contributed by atoms with Crippen LogP contribution in [0.25, 0.3) is 0 Å². The van der Waals surface area contributed by atoms with Gasteiger partial charge in [-0.25, -0.2) is 0 Å². The van der Waals surface area contributed by atoms with Gasteiger partial charge in [0, 0.05) is 24.8 Å². The van der Waals surface area contributed by atoms with Crippen molar-refractivity contribution in [1.29, 1.82) is 0 Å². The molecule has 1 amide bonds. The highest BCUT2D eigenvalue weighted by atomic mass is 16.3. The predicted octanol–water partition coefficient (Wildman–Crippen LogP) is 1.14. The third-order valence-corrected chi connectivity index (χ3v) is 2.61. The van der Waals surface area contributed by atoms with Gasteiger partial charge in [0.15, 0.2) is 0 Å². The van der Waals surface area contributed by atoms with E-state index in [2.05, 4.69) is 12.2 Å². The second-order valence-electron chi connectivity index (χ2n) is 3.88. The standard InChI is InChI=1S/C13H20N2O2/c1-3-8-15(9-13(17)14-2)12-7-5-4-6-11(12)10-16/h4-7,16H,3,8-10H2,1-2H3,(H,14,17). The fourth-order valence-electron chi connectivity index (χ4n) is 1.76. The van der Waals surface area contributed by atoms with E-state index in [0.29, 0.717) is 6.54 Å². The first-order valence-corrected chi connectivity index (χ1v) is 5.87. The van der Waals surface area contributed by atoms with Crippen molar-refractivity contribution in [2.45, 2.75) is 20.0 Å². The minimum absolute atomic E-state index is 0.00979. The summed E-state index contributed by atoms with van der Waals surface area (Å²) < 4.78 is 0. The fraction of sp³-hybridized carbons (Fsp3) is 0.462. The van der Waals surface area contributed by atoms with Crippen molar-refractivity contribution in [1.82, 2.24) is 5.32 Å². The third-order valence-electron chi connectivity index (χ3n) is 2.61. The number of aliphatic hydroxyl groups is 1. The van der Waals surface area contributed by atoms with Crippen LogP contribution in [0.3, 0.4) is 0 Å². The third kappa shape index (κ3) is 3.75. The molecule has 17 heavy (non-hydrogen) atoms. The van der Waals surface area contributed by atoms with Crippen molar-refractivity contribution in [3.8, 4) is 0 Å². The minimum Gasteiger partial charge on any atom is -0.392 e. The lowest BCUT2D eigenvalue weighted by molar-refractivity contribution is -0.119. The zero-order valence-corrected chi connectivity index (χ0v) is 10.4. The molecule has 1 rings (SSSR count). The van der Waals surface area contributed by atoms with Gasteiger partial charge < -0.3 is 15.3 Å². The summed E-state index contributed by atoms with van der Waals surface area (Å²) in [5.41, 5.74) is 1.78. The maximum atomic E-state index is 11.5. The Balaban J connectivity index is 2.91. The number of aliphatic hydroxyl groups excluding tert-OH is 1. The lowest BCUT2D eigenvalue weighted by atomic mass is 10.1. The van der Waals surface area contributed by atoms with Crippen LogP contribution in [-0.4, -0.2) is 31.2 Å². The molecule has 0 atom stereocenters. The number of nitrogens with one attached hydrogen (secondary N) is 1. The van der Waals surface area contributed by atoms with Gasteiger partial charge in [0.1, 0.15) is 0 Å². The zero-order valence-electron chi connectivity index (χ0n) is 10.4. The molecule has 0 heterocycles. The quantitative estimate of drug-likeness (QED) is 0.779. The summed E-state index contributed by atoms with van der Waals surface area (Å²) in [6.07, 6.45) is 0.955. The average molecular weight is 236 g/mol. The number of carbonyl (C=O) groups excluding carboxylic acids is 1. The second-order valence-corrected chi connectivity index (χ2v) is 3.88. The van der Waals surface area contributed by atoms with Gasteiger partial charge >= 0.3 is 0 Å². The van der Waals surface area contributed by atoms with Crippen LogP contribution < -0.4 is 10.2 Å². The van der Waals surface area contributed by atoms with Crippen molar-refractivity contribution in [3.05, 3.63) is 29.8 Å². The van der Waals surface area contributed by atoms with Crippen LogP contribution in [0.1, 0.15) is 18.9 Å². The molecular formula is C13H20N2O2. The summed E-state index contributed by atoms with van der Waals surface area (Å²) in [4.78, 5) is 13.4. The summed E-state index contributed by atoms with van der Waals surface area (Å²) >= 11 is 0. The molecule has 0 aliphatic carbocycles.